The van der Waals surface area contributed by atoms with E-state index in [1.807, 2.05) is 12.1 Å². The minimum absolute atomic E-state index is 0.257. The minimum Gasteiger partial charge on any atom is -0.465 e. The number of carbonyl (C=O) groups excluding carboxylic acids is 1. The van der Waals surface area contributed by atoms with Crippen LogP contribution in [0, 0.1) is 0 Å². The van der Waals surface area contributed by atoms with Gasteiger partial charge in [0.05, 0.1) is 12.7 Å². The molecule has 3 nitrogen and oxygen atoms in total. The van der Waals surface area contributed by atoms with Gasteiger partial charge in [0, 0.05) is 6.61 Å². The molecular formula is C23H30O3. The lowest BCUT2D eigenvalue weighted by molar-refractivity contribution is 0.0600. The largest absolute Gasteiger partial charge is 0.465 e. The van der Waals surface area contributed by atoms with Gasteiger partial charge in [0.1, 0.15) is 0 Å². The van der Waals surface area contributed by atoms with Gasteiger partial charge in [-0.1, -0.05) is 49.2 Å². The van der Waals surface area contributed by atoms with Crippen LogP contribution in [0.1, 0.15) is 59.2 Å². The molecule has 0 unspecified atom stereocenters. The second-order valence-electron chi connectivity index (χ2n) is 6.75. The zero-order valence-corrected chi connectivity index (χ0v) is 15.7. The van der Waals surface area contributed by atoms with Gasteiger partial charge in [-0.15, -0.1) is 0 Å². The molecule has 26 heavy (non-hydrogen) atoms. The Morgan fingerprint density at radius 2 is 1.35 bits per heavy atom. The lowest BCUT2D eigenvalue weighted by atomic mass is 10.0. The molecule has 0 heterocycles. The van der Waals surface area contributed by atoms with E-state index in [2.05, 4.69) is 30.3 Å². The van der Waals surface area contributed by atoms with Crippen LogP contribution in [-0.4, -0.2) is 24.8 Å². The van der Waals surface area contributed by atoms with Gasteiger partial charge in [0.25, 0.3) is 0 Å². The monoisotopic (exact) mass is 354 g/mol. The molecule has 0 radical (unpaired) electrons. The van der Waals surface area contributed by atoms with Crippen molar-refractivity contribution in [1.82, 2.24) is 0 Å². The van der Waals surface area contributed by atoms with Crippen LogP contribution < -0.4 is 0 Å². The fourth-order valence-electron chi connectivity index (χ4n) is 3.21. The second-order valence-corrected chi connectivity index (χ2v) is 6.75. The molecule has 2 rings (SSSR count). The third kappa shape index (κ3) is 7.01. The molecule has 0 atom stereocenters. The Hall–Kier alpha value is -2.13. The highest BCUT2D eigenvalue weighted by atomic mass is 16.5. The Balaban J connectivity index is 1.66. The van der Waals surface area contributed by atoms with Crippen LogP contribution >= 0.6 is 0 Å². The summed E-state index contributed by atoms with van der Waals surface area (Å²) in [6.07, 6.45) is 8.67. The van der Waals surface area contributed by atoms with Crippen molar-refractivity contribution in [3.8, 4) is 0 Å². The van der Waals surface area contributed by atoms with E-state index in [-0.39, 0.29) is 12.6 Å². The number of ether oxygens (including phenoxy) is 1. The number of aliphatic hydroxyl groups excluding tert-OH is 1. The average molecular weight is 354 g/mol. The van der Waals surface area contributed by atoms with Gasteiger partial charge in [-0.2, -0.15) is 0 Å². The molecule has 0 amide bonds. The maximum atomic E-state index is 11.6. The van der Waals surface area contributed by atoms with E-state index >= 15 is 0 Å². The smallest absolute Gasteiger partial charge is 0.337 e. The fourth-order valence-corrected chi connectivity index (χ4v) is 3.21. The number of aliphatic hydroxyl groups is 1. The Kier molecular flexibility index (Phi) is 8.91. The van der Waals surface area contributed by atoms with Gasteiger partial charge in [0.15, 0.2) is 0 Å². The minimum atomic E-state index is -0.270. The summed E-state index contributed by atoms with van der Waals surface area (Å²) >= 11 is 0. The Morgan fingerprint density at radius 3 is 1.92 bits per heavy atom. The van der Waals surface area contributed by atoms with E-state index in [0.717, 1.165) is 32.1 Å². The van der Waals surface area contributed by atoms with Crippen LogP contribution in [0.5, 0.6) is 0 Å². The van der Waals surface area contributed by atoms with Crippen molar-refractivity contribution in [3.63, 3.8) is 0 Å². The van der Waals surface area contributed by atoms with Crippen molar-refractivity contribution >= 4 is 5.97 Å². The first kappa shape index (κ1) is 20.2. The Bertz CT molecular complexity index is 679. The molecule has 0 saturated heterocycles. The van der Waals surface area contributed by atoms with Gasteiger partial charge >= 0.3 is 5.97 Å². The molecule has 0 aliphatic carbocycles. The van der Waals surface area contributed by atoms with Crippen LogP contribution in [0.4, 0.5) is 0 Å². The number of unbranched alkanes of at least 4 members (excludes halogenated alkanes) is 3. The maximum Gasteiger partial charge on any atom is 0.337 e. The first-order chi connectivity index (χ1) is 12.7. The summed E-state index contributed by atoms with van der Waals surface area (Å²) in [7, 11) is 1.41. The molecule has 0 spiro atoms. The second kappa shape index (κ2) is 11.5. The van der Waals surface area contributed by atoms with Crippen LogP contribution in [0.25, 0.3) is 0 Å². The van der Waals surface area contributed by atoms with Crippen LogP contribution in [0.3, 0.4) is 0 Å². The first-order valence-corrected chi connectivity index (χ1v) is 9.59. The molecular weight excluding hydrogens is 324 g/mol. The van der Waals surface area contributed by atoms with E-state index in [1.54, 1.807) is 6.07 Å². The number of aryl methyl sites for hydroxylation is 3. The SMILES string of the molecule is COC(=O)c1cccc(CCCCCCc2cccc(CCCO)c2)c1. The molecule has 0 saturated carbocycles. The van der Waals surface area contributed by atoms with Gasteiger partial charge in [-0.25, -0.2) is 4.79 Å². The van der Waals surface area contributed by atoms with E-state index in [4.69, 9.17) is 9.84 Å². The third-order valence-electron chi connectivity index (χ3n) is 4.64. The molecule has 2 aromatic rings. The summed E-state index contributed by atoms with van der Waals surface area (Å²) in [5.41, 5.74) is 4.55. The summed E-state index contributed by atoms with van der Waals surface area (Å²) < 4.78 is 4.77. The van der Waals surface area contributed by atoms with Crippen molar-refractivity contribution in [3.05, 3.63) is 70.8 Å². The average Bonchev–Trinajstić information content (AvgIpc) is 2.69. The van der Waals surface area contributed by atoms with Crippen molar-refractivity contribution in [2.75, 3.05) is 13.7 Å². The Morgan fingerprint density at radius 1 is 0.808 bits per heavy atom. The van der Waals surface area contributed by atoms with Crippen LogP contribution in [0.15, 0.2) is 48.5 Å². The zero-order chi connectivity index (χ0) is 18.6. The standard InChI is InChI=1S/C23H30O3/c1-26-23(25)22-15-7-13-21(18-22)10-5-3-2-4-9-19-11-6-12-20(17-19)14-8-16-24/h6-7,11-13,15,17-18,24H,2-5,8-10,14,16H2,1H3. The van der Waals surface area contributed by atoms with Crippen molar-refractivity contribution in [1.29, 1.82) is 0 Å². The zero-order valence-electron chi connectivity index (χ0n) is 15.7. The van der Waals surface area contributed by atoms with E-state index in [0.29, 0.717) is 5.56 Å². The van der Waals surface area contributed by atoms with Crippen molar-refractivity contribution < 1.29 is 14.6 Å². The lowest BCUT2D eigenvalue weighted by Crippen LogP contribution is -2.01. The fraction of sp³-hybridized carbons (Fsp3) is 0.435. The van der Waals surface area contributed by atoms with Gasteiger partial charge in [-0.3, -0.25) is 0 Å². The van der Waals surface area contributed by atoms with Crippen LogP contribution in [0.2, 0.25) is 0 Å². The van der Waals surface area contributed by atoms with Crippen molar-refractivity contribution in [2.45, 2.75) is 51.4 Å². The lowest BCUT2D eigenvalue weighted by Gasteiger charge is -2.06. The molecule has 0 fully saturated rings. The quantitative estimate of drug-likeness (QED) is 0.468. The van der Waals surface area contributed by atoms with Crippen molar-refractivity contribution in [2.24, 2.45) is 0 Å². The summed E-state index contributed by atoms with van der Waals surface area (Å²) in [5.74, 6) is -0.270. The summed E-state index contributed by atoms with van der Waals surface area (Å²) in [6, 6.07) is 16.5. The van der Waals surface area contributed by atoms with Crippen LogP contribution in [-0.2, 0) is 24.0 Å². The topological polar surface area (TPSA) is 46.5 Å². The number of carbonyl (C=O) groups is 1. The highest BCUT2D eigenvalue weighted by Crippen LogP contribution is 2.14. The number of esters is 1. The summed E-state index contributed by atoms with van der Waals surface area (Å²) in [5, 5.41) is 8.94. The highest BCUT2D eigenvalue weighted by Gasteiger charge is 2.05. The number of methoxy groups -OCH3 is 1. The highest BCUT2D eigenvalue weighted by molar-refractivity contribution is 5.89. The van der Waals surface area contributed by atoms with E-state index in [9.17, 15) is 4.79 Å². The normalized spacial score (nSPS) is 10.7. The van der Waals surface area contributed by atoms with E-state index < -0.39 is 0 Å². The molecule has 1 N–H and O–H groups in total. The van der Waals surface area contributed by atoms with E-state index in [1.165, 1.54) is 43.1 Å². The molecule has 0 aromatic heterocycles. The summed E-state index contributed by atoms with van der Waals surface area (Å²) in [6.45, 7) is 0.257. The third-order valence-corrected chi connectivity index (χ3v) is 4.64. The number of benzene rings is 2. The van der Waals surface area contributed by atoms with Gasteiger partial charge < -0.3 is 9.84 Å². The predicted molar refractivity (Wildman–Crippen MR) is 106 cm³/mol. The molecule has 2 aromatic carbocycles. The summed E-state index contributed by atoms with van der Waals surface area (Å²) in [4.78, 5) is 11.6. The molecule has 0 bridgehead atoms. The number of hydrogen-bond acceptors (Lipinski definition) is 3. The first-order valence-electron chi connectivity index (χ1n) is 9.59. The number of rotatable bonds is 11. The predicted octanol–water partition coefficient (Wildman–Crippen LogP) is 4.74. The maximum absolute atomic E-state index is 11.6. The molecule has 3 heteroatoms. The van der Waals surface area contributed by atoms with Gasteiger partial charge in [-0.05, 0) is 67.3 Å². The molecule has 0 aliphatic rings. The number of hydrogen-bond donors (Lipinski definition) is 1. The Labute approximate surface area is 157 Å². The van der Waals surface area contributed by atoms with Gasteiger partial charge in [0.2, 0.25) is 0 Å². The molecule has 0 aliphatic heterocycles. The molecule has 140 valence electrons.